The van der Waals surface area contributed by atoms with Crippen molar-refractivity contribution in [1.82, 2.24) is 0 Å². The smallest absolute Gasteiger partial charge is 0.167 e. The Hall–Kier alpha value is -2.10. The molecule has 0 atom stereocenters. The van der Waals surface area contributed by atoms with Crippen LogP contribution in [0.1, 0.15) is 62.5 Å². The predicted molar refractivity (Wildman–Crippen MR) is 101 cm³/mol. The maximum Gasteiger partial charge on any atom is 0.167 e. The highest BCUT2D eigenvalue weighted by Crippen LogP contribution is 2.37. The zero-order valence-corrected chi connectivity index (χ0v) is 15.5. The van der Waals surface area contributed by atoms with Crippen LogP contribution in [0, 0.1) is 23.3 Å². The summed E-state index contributed by atoms with van der Waals surface area (Å²) in [4.78, 5) is 0. The van der Waals surface area contributed by atoms with E-state index >= 15 is 0 Å². The average molecular weight is 376 g/mol. The summed E-state index contributed by atoms with van der Waals surface area (Å²) in [5, 5.41) is 0. The van der Waals surface area contributed by atoms with E-state index in [-0.39, 0.29) is 29.0 Å². The van der Waals surface area contributed by atoms with Gasteiger partial charge in [-0.25, -0.2) is 17.6 Å². The van der Waals surface area contributed by atoms with Gasteiger partial charge >= 0.3 is 0 Å². The molecule has 0 aromatic heterocycles. The Kier molecular flexibility index (Phi) is 6.35. The molecule has 0 heterocycles. The molecule has 0 bridgehead atoms. The first-order chi connectivity index (χ1) is 13.0. The van der Waals surface area contributed by atoms with E-state index < -0.39 is 23.3 Å². The lowest BCUT2D eigenvalue weighted by atomic mass is 9.83. The van der Waals surface area contributed by atoms with E-state index in [2.05, 4.69) is 0 Å². The molecule has 144 valence electrons. The highest BCUT2D eigenvalue weighted by atomic mass is 19.2. The van der Waals surface area contributed by atoms with Crippen LogP contribution in [0.3, 0.4) is 0 Å². The third-order valence-corrected chi connectivity index (χ3v) is 5.35. The standard InChI is InChI=1S/C23H24F4/c1-2-3-5-10-16-11-12-18(22(26)20(16)24)19-14-13-17(21(25)23(19)27)15-8-6-4-7-9-15/h3,5,11-15H,2,4,6-10H2,1H3/b5-3-. The van der Waals surface area contributed by atoms with E-state index in [1.54, 1.807) is 6.08 Å². The van der Waals surface area contributed by atoms with Crippen LogP contribution in [0.15, 0.2) is 36.4 Å². The summed E-state index contributed by atoms with van der Waals surface area (Å²) in [6, 6.07) is 5.65. The van der Waals surface area contributed by atoms with Gasteiger partial charge in [-0.2, -0.15) is 0 Å². The van der Waals surface area contributed by atoms with Crippen LogP contribution in [0.25, 0.3) is 11.1 Å². The van der Waals surface area contributed by atoms with Crippen molar-refractivity contribution in [3.8, 4) is 11.1 Å². The largest absolute Gasteiger partial charge is 0.203 e. The second-order valence-corrected chi connectivity index (χ2v) is 7.15. The highest BCUT2D eigenvalue weighted by Gasteiger charge is 2.24. The number of hydrogen-bond donors (Lipinski definition) is 0. The quantitative estimate of drug-likeness (QED) is 0.375. The molecule has 0 unspecified atom stereocenters. The molecule has 0 radical (unpaired) electrons. The van der Waals surface area contributed by atoms with Gasteiger partial charge < -0.3 is 0 Å². The van der Waals surface area contributed by atoms with Gasteiger partial charge in [0.2, 0.25) is 0 Å². The number of allylic oxidation sites excluding steroid dienone is 2. The first-order valence-corrected chi connectivity index (χ1v) is 9.64. The number of halogens is 4. The third-order valence-electron chi connectivity index (χ3n) is 5.35. The second kappa shape index (κ2) is 8.73. The molecule has 0 spiro atoms. The summed E-state index contributed by atoms with van der Waals surface area (Å²) in [6.45, 7) is 1.95. The van der Waals surface area contributed by atoms with E-state index in [0.29, 0.717) is 5.56 Å². The summed E-state index contributed by atoms with van der Waals surface area (Å²) >= 11 is 0. The van der Waals surface area contributed by atoms with Crippen molar-refractivity contribution in [3.05, 3.63) is 70.8 Å². The molecule has 1 aliphatic carbocycles. The Bertz CT molecular complexity index is 833. The third kappa shape index (κ3) is 4.10. The minimum absolute atomic E-state index is 0.00314. The lowest BCUT2D eigenvalue weighted by Gasteiger charge is -2.23. The predicted octanol–water partition coefficient (Wildman–Crippen LogP) is 7.47. The Morgan fingerprint density at radius 1 is 0.778 bits per heavy atom. The molecule has 2 aromatic carbocycles. The number of rotatable bonds is 5. The van der Waals surface area contributed by atoms with Crippen LogP contribution in [0.4, 0.5) is 17.6 Å². The number of benzene rings is 2. The Labute approximate surface area is 157 Å². The summed E-state index contributed by atoms with van der Waals surface area (Å²) in [5.41, 5.74) is 0.0558. The lowest BCUT2D eigenvalue weighted by Crippen LogP contribution is -2.08. The average Bonchev–Trinajstić information content (AvgIpc) is 2.69. The lowest BCUT2D eigenvalue weighted by molar-refractivity contribution is 0.417. The molecule has 0 aliphatic heterocycles. The topological polar surface area (TPSA) is 0 Å². The van der Waals surface area contributed by atoms with Crippen molar-refractivity contribution in [1.29, 1.82) is 0 Å². The van der Waals surface area contributed by atoms with Crippen molar-refractivity contribution >= 4 is 0 Å². The zero-order chi connectivity index (χ0) is 19.4. The number of hydrogen-bond acceptors (Lipinski definition) is 0. The summed E-state index contributed by atoms with van der Waals surface area (Å²) in [5.74, 6) is -4.19. The second-order valence-electron chi connectivity index (χ2n) is 7.15. The van der Waals surface area contributed by atoms with Crippen LogP contribution in [0.5, 0.6) is 0 Å². The van der Waals surface area contributed by atoms with E-state index in [9.17, 15) is 17.6 Å². The van der Waals surface area contributed by atoms with Crippen LogP contribution in [-0.4, -0.2) is 0 Å². The minimum atomic E-state index is -1.14. The highest BCUT2D eigenvalue weighted by molar-refractivity contribution is 5.66. The molecular weight excluding hydrogens is 352 g/mol. The van der Waals surface area contributed by atoms with Crippen LogP contribution >= 0.6 is 0 Å². The summed E-state index contributed by atoms with van der Waals surface area (Å²) < 4.78 is 58.2. The Morgan fingerprint density at radius 3 is 2.07 bits per heavy atom. The van der Waals surface area contributed by atoms with Gasteiger partial charge in [-0.1, -0.05) is 62.6 Å². The molecule has 2 aromatic rings. The molecule has 0 nitrogen and oxygen atoms in total. The van der Waals surface area contributed by atoms with Crippen molar-refractivity contribution < 1.29 is 17.6 Å². The SMILES string of the molecule is CC/C=C\Cc1ccc(-c2ccc(C3CCCCC3)c(F)c2F)c(F)c1F. The molecule has 0 saturated heterocycles. The minimum Gasteiger partial charge on any atom is -0.203 e. The van der Waals surface area contributed by atoms with Gasteiger partial charge in [0.05, 0.1) is 0 Å². The van der Waals surface area contributed by atoms with Crippen molar-refractivity contribution in [2.45, 2.75) is 57.8 Å². The Balaban J connectivity index is 1.95. The molecule has 27 heavy (non-hydrogen) atoms. The molecule has 3 rings (SSSR count). The van der Waals surface area contributed by atoms with E-state index in [4.69, 9.17) is 0 Å². The van der Waals surface area contributed by atoms with Crippen LogP contribution in [0.2, 0.25) is 0 Å². The zero-order valence-electron chi connectivity index (χ0n) is 15.5. The molecule has 4 heteroatoms. The van der Waals surface area contributed by atoms with Crippen LogP contribution < -0.4 is 0 Å². The Morgan fingerprint density at radius 2 is 1.41 bits per heavy atom. The normalized spacial score (nSPS) is 15.6. The van der Waals surface area contributed by atoms with Gasteiger partial charge in [0.25, 0.3) is 0 Å². The van der Waals surface area contributed by atoms with E-state index in [1.807, 2.05) is 13.0 Å². The van der Waals surface area contributed by atoms with Gasteiger partial charge in [-0.15, -0.1) is 0 Å². The molecule has 1 aliphatic rings. The monoisotopic (exact) mass is 376 g/mol. The van der Waals surface area contributed by atoms with Gasteiger partial charge in [0.1, 0.15) is 0 Å². The summed E-state index contributed by atoms with van der Waals surface area (Å²) in [6.07, 6.45) is 9.47. The molecule has 1 fully saturated rings. The molecule has 1 saturated carbocycles. The molecule has 0 N–H and O–H groups in total. The molecule has 0 amide bonds. The van der Waals surface area contributed by atoms with Gasteiger partial charge in [0, 0.05) is 11.1 Å². The maximum absolute atomic E-state index is 14.7. The van der Waals surface area contributed by atoms with Gasteiger partial charge in [0.15, 0.2) is 23.3 Å². The van der Waals surface area contributed by atoms with Crippen LogP contribution in [-0.2, 0) is 6.42 Å². The maximum atomic E-state index is 14.7. The van der Waals surface area contributed by atoms with Crippen molar-refractivity contribution in [2.24, 2.45) is 0 Å². The van der Waals surface area contributed by atoms with Gasteiger partial charge in [-0.3, -0.25) is 0 Å². The van der Waals surface area contributed by atoms with Gasteiger partial charge in [-0.05, 0) is 42.7 Å². The fraction of sp³-hybridized carbons (Fsp3) is 0.391. The first-order valence-electron chi connectivity index (χ1n) is 9.64. The molecular formula is C23H24F4. The van der Waals surface area contributed by atoms with Crippen molar-refractivity contribution in [3.63, 3.8) is 0 Å². The summed E-state index contributed by atoms with van der Waals surface area (Å²) in [7, 11) is 0. The fourth-order valence-electron chi connectivity index (χ4n) is 3.83. The van der Waals surface area contributed by atoms with Crippen molar-refractivity contribution in [2.75, 3.05) is 0 Å². The fourth-order valence-corrected chi connectivity index (χ4v) is 3.83. The van der Waals surface area contributed by atoms with E-state index in [0.717, 1.165) is 38.5 Å². The first kappa shape index (κ1) is 19.7. The van der Waals surface area contributed by atoms with E-state index in [1.165, 1.54) is 24.3 Å².